The Kier molecular flexibility index (Phi) is 11.7. The molecular weight excluding hydrogens is 600 g/mol. The van der Waals surface area contributed by atoms with Gasteiger partial charge in [0.2, 0.25) is 23.6 Å². The number of imide groups is 2. The van der Waals surface area contributed by atoms with E-state index in [0.29, 0.717) is 11.5 Å². The highest BCUT2D eigenvalue weighted by Crippen LogP contribution is 2.14. The fourth-order valence-electron chi connectivity index (χ4n) is 4.49. The summed E-state index contributed by atoms with van der Waals surface area (Å²) in [5.41, 5.74) is 1.47. The number of esters is 2. The number of rotatable bonds is 13. The molecule has 46 heavy (non-hydrogen) atoms. The van der Waals surface area contributed by atoms with Gasteiger partial charge in [0.15, 0.2) is 13.5 Å². The molecule has 2 saturated heterocycles. The number of piperazine rings is 2. The van der Waals surface area contributed by atoms with Gasteiger partial charge in [-0.3, -0.25) is 29.0 Å². The standard InChI is InChI=1S/C32H34N4O10/c1-43-25-9-3-23(4-10-25)7-13-31(41)45-21-35-27(37)17-33(18-28(35)38)15-16-34-19-29(39)36(30(40)20-34)22-46-32(42)14-8-24-5-11-26(44-2)12-6-24/h3-14H,15-22H2,1-2H3. The lowest BCUT2D eigenvalue weighted by Gasteiger charge is -2.35. The Labute approximate surface area is 265 Å². The van der Waals surface area contributed by atoms with E-state index >= 15 is 0 Å². The van der Waals surface area contributed by atoms with Crippen molar-refractivity contribution in [3.63, 3.8) is 0 Å². The van der Waals surface area contributed by atoms with Crippen LogP contribution in [0.4, 0.5) is 0 Å². The quantitative estimate of drug-likeness (QED) is 0.174. The predicted octanol–water partition coefficient (Wildman–Crippen LogP) is 0.773. The number of carbonyl (C=O) groups excluding carboxylic acids is 6. The average molecular weight is 635 g/mol. The van der Waals surface area contributed by atoms with Crippen molar-refractivity contribution in [1.82, 2.24) is 19.6 Å². The van der Waals surface area contributed by atoms with Crippen LogP contribution in [-0.4, -0.2) is 122 Å². The minimum Gasteiger partial charge on any atom is -0.497 e. The van der Waals surface area contributed by atoms with E-state index in [2.05, 4.69) is 0 Å². The zero-order chi connectivity index (χ0) is 33.1. The van der Waals surface area contributed by atoms with Gasteiger partial charge in [0, 0.05) is 25.2 Å². The van der Waals surface area contributed by atoms with Crippen molar-refractivity contribution in [1.29, 1.82) is 0 Å². The first-order chi connectivity index (χ1) is 22.1. The second-order valence-electron chi connectivity index (χ2n) is 10.3. The number of methoxy groups -OCH3 is 2. The van der Waals surface area contributed by atoms with Gasteiger partial charge in [0.05, 0.1) is 40.4 Å². The summed E-state index contributed by atoms with van der Waals surface area (Å²) in [6.07, 6.45) is 5.46. The number of amides is 4. The van der Waals surface area contributed by atoms with Crippen LogP contribution in [0.5, 0.6) is 11.5 Å². The monoisotopic (exact) mass is 634 g/mol. The lowest BCUT2D eigenvalue weighted by Crippen LogP contribution is -2.58. The molecule has 2 aliphatic rings. The third-order valence-electron chi connectivity index (χ3n) is 7.10. The highest BCUT2D eigenvalue weighted by Gasteiger charge is 2.34. The van der Waals surface area contributed by atoms with E-state index in [0.717, 1.165) is 20.9 Å². The van der Waals surface area contributed by atoms with Crippen LogP contribution in [-0.2, 0) is 38.2 Å². The summed E-state index contributed by atoms with van der Waals surface area (Å²) in [5.74, 6) is -2.24. The van der Waals surface area contributed by atoms with Gasteiger partial charge in [0.1, 0.15) is 11.5 Å². The maximum Gasteiger partial charge on any atom is 0.332 e. The number of carbonyl (C=O) groups is 6. The number of hydrogen-bond donors (Lipinski definition) is 0. The second-order valence-corrected chi connectivity index (χ2v) is 10.3. The minimum atomic E-state index is -0.716. The minimum absolute atomic E-state index is 0.104. The Morgan fingerprint density at radius 1 is 0.587 bits per heavy atom. The third-order valence-corrected chi connectivity index (χ3v) is 7.10. The van der Waals surface area contributed by atoms with Gasteiger partial charge < -0.3 is 18.9 Å². The van der Waals surface area contributed by atoms with Crippen LogP contribution in [0.25, 0.3) is 12.2 Å². The van der Waals surface area contributed by atoms with E-state index in [1.54, 1.807) is 72.6 Å². The van der Waals surface area contributed by atoms with E-state index in [-0.39, 0.29) is 39.3 Å². The Bertz CT molecular complexity index is 1350. The van der Waals surface area contributed by atoms with Crippen LogP contribution in [0.15, 0.2) is 60.7 Å². The van der Waals surface area contributed by atoms with Crippen LogP contribution >= 0.6 is 0 Å². The van der Waals surface area contributed by atoms with E-state index in [1.165, 1.54) is 24.3 Å². The summed E-state index contributed by atoms with van der Waals surface area (Å²) < 4.78 is 20.3. The molecule has 0 bridgehead atoms. The van der Waals surface area contributed by atoms with Gasteiger partial charge in [0.25, 0.3) is 0 Å². The first-order valence-electron chi connectivity index (χ1n) is 14.2. The molecule has 0 atom stereocenters. The summed E-state index contributed by atoms with van der Waals surface area (Å²) >= 11 is 0. The molecule has 4 amide bonds. The topological polar surface area (TPSA) is 152 Å². The largest absolute Gasteiger partial charge is 0.497 e. The smallest absolute Gasteiger partial charge is 0.332 e. The van der Waals surface area contributed by atoms with Gasteiger partial charge in [-0.1, -0.05) is 24.3 Å². The molecule has 0 unspecified atom stereocenters. The Morgan fingerprint density at radius 2 is 0.913 bits per heavy atom. The van der Waals surface area contributed by atoms with Gasteiger partial charge in [-0.15, -0.1) is 0 Å². The predicted molar refractivity (Wildman–Crippen MR) is 163 cm³/mol. The molecular formula is C32H34N4O10. The maximum absolute atomic E-state index is 12.6. The summed E-state index contributed by atoms with van der Waals surface area (Å²) in [6, 6.07) is 14.0. The lowest BCUT2D eigenvalue weighted by molar-refractivity contribution is -0.165. The van der Waals surface area contributed by atoms with Crippen LogP contribution in [0.1, 0.15) is 11.1 Å². The molecule has 0 aliphatic carbocycles. The molecule has 14 nitrogen and oxygen atoms in total. The van der Waals surface area contributed by atoms with Gasteiger partial charge in [-0.05, 0) is 47.5 Å². The fraction of sp³-hybridized carbons (Fsp3) is 0.312. The molecule has 2 heterocycles. The summed E-state index contributed by atoms with van der Waals surface area (Å²) in [7, 11) is 3.10. The van der Waals surface area contributed by atoms with Gasteiger partial charge in [-0.2, -0.15) is 0 Å². The van der Waals surface area contributed by atoms with Crippen LogP contribution in [0.3, 0.4) is 0 Å². The summed E-state index contributed by atoms with van der Waals surface area (Å²) in [5, 5.41) is 0. The first kappa shape index (κ1) is 33.6. The molecule has 0 spiro atoms. The molecule has 4 rings (SSSR count). The van der Waals surface area contributed by atoms with Gasteiger partial charge in [-0.25, -0.2) is 19.4 Å². The number of ether oxygens (including phenoxy) is 4. The highest BCUT2D eigenvalue weighted by molar-refractivity contribution is 6.00. The normalized spacial score (nSPS) is 16.4. The van der Waals surface area contributed by atoms with Crippen LogP contribution in [0, 0.1) is 0 Å². The molecule has 2 fully saturated rings. The third kappa shape index (κ3) is 9.58. The average Bonchev–Trinajstić information content (AvgIpc) is 3.05. The summed E-state index contributed by atoms with van der Waals surface area (Å²) in [4.78, 5) is 79.6. The van der Waals surface area contributed by atoms with Crippen LogP contribution in [0.2, 0.25) is 0 Å². The van der Waals surface area contributed by atoms with Crippen molar-refractivity contribution in [2.45, 2.75) is 0 Å². The molecule has 14 heteroatoms. The van der Waals surface area contributed by atoms with Crippen molar-refractivity contribution in [2.75, 3.05) is 66.9 Å². The first-order valence-corrected chi connectivity index (χ1v) is 14.2. The van der Waals surface area contributed by atoms with Gasteiger partial charge >= 0.3 is 11.9 Å². The highest BCUT2D eigenvalue weighted by atomic mass is 16.6. The van der Waals surface area contributed by atoms with E-state index in [4.69, 9.17) is 18.9 Å². The van der Waals surface area contributed by atoms with Crippen molar-refractivity contribution in [2.24, 2.45) is 0 Å². The molecule has 2 aliphatic heterocycles. The molecule has 0 N–H and O–H groups in total. The molecule has 0 radical (unpaired) electrons. The fourth-order valence-corrected chi connectivity index (χ4v) is 4.49. The Hall–Kier alpha value is -5.34. The molecule has 2 aromatic carbocycles. The van der Waals surface area contributed by atoms with Crippen molar-refractivity contribution >= 4 is 47.7 Å². The Balaban J connectivity index is 1.16. The lowest BCUT2D eigenvalue weighted by atomic mass is 10.2. The maximum atomic E-state index is 12.6. The zero-order valence-corrected chi connectivity index (χ0v) is 25.5. The number of nitrogens with zero attached hydrogens (tertiary/aromatic N) is 4. The Morgan fingerprint density at radius 3 is 1.22 bits per heavy atom. The summed E-state index contributed by atoms with van der Waals surface area (Å²) in [6.45, 7) is -0.962. The molecule has 0 aromatic heterocycles. The molecule has 0 saturated carbocycles. The van der Waals surface area contributed by atoms with Crippen molar-refractivity contribution in [3.8, 4) is 11.5 Å². The van der Waals surface area contributed by atoms with Crippen LogP contribution < -0.4 is 9.47 Å². The van der Waals surface area contributed by atoms with E-state index < -0.39 is 49.0 Å². The van der Waals surface area contributed by atoms with Crippen molar-refractivity contribution in [3.05, 3.63) is 71.8 Å². The number of benzene rings is 2. The van der Waals surface area contributed by atoms with E-state index in [1.807, 2.05) is 0 Å². The second kappa shape index (κ2) is 16.1. The van der Waals surface area contributed by atoms with E-state index in [9.17, 15) is 28.8 Å². The molecule has 2 aromatic rings. The van der Waals surface area contributed by atoms with Crippen molar-refractivity contribution < 1.29 is 47.7 Å². The zero-order valence-electron chi connectivity index (χ0n) is 25.5. The molecule has 242 valence electrons. The number of hydrogen-bond acceptors (Lipinski definition) is 12. The SMILES string of the molecule is COc1ccc(C=CC(=O)OCN2C(=O)CN(CCN3CC(=O)N(COC(=O)C=Cc4ccc(OC)cc4)C(=O)C3)CC2=O)cc1.